The molecule has 0 aliphatic heterocycles. The average molecular weight is 497 g/mol. The fourth-order valence-electron chi connectivity index (χ4n) is 2.34. The number of alkyl halides is 3. The number of aryl methyl sites for hydroxylation is 1. The van der Waals surface area contributed by atoms with Gasteiger partial charge in [-0.1, -0.05) is 0 Å². The molecule has 6 nitrogen and oxygen atoms in total. The molecular formula is C17H23F3IN5O. The van der Waals surface area contributed by atoms with Crippen LogP contribution in [0.1, 0.15) is 11.3 Å². The van der Waals surface area contributed by atoms with Gasteiger partial charge >= 0.3 is 6.18 Å². The first-order valence-electron chi connectivity index (χ1n) is 7.95. The van der Waals surface area contributed by atoms with E-state index in [-0.39, 0.29) is 29.9 Å². The molecular weight excluding hydrogens is 474 g/mol. The van der Waals surface area contributed by atoms with Crippen molar-refractivity contribution >= 4 is 29.9 Å². The van der Waals surface area contributed by atoms with Crippen molar-refractivity contribution in [2.45, 2.75) is 19.3 Å². The van der Waals surface area contributed by atoms with E-state index in [1.54, 1.807) is 13.1 Å². The van der Waals surface area contributed by atoms with Crippen LogP contribution in [0, 0.1) is 0 Å². The summed E-state index contributed by atoms with van der Waals surface area (Å²) in [7, 11) is 5.56. The van der Waals surface area contributed by atoms with Crippen molar-refractivity contribution in [1.82, 2.24) is 19.8 Å². The lowest BCUT2D eigenvalue weighted by molar-refractivity contribution is -0.154. The standard InChI is InChI=1S/C17H22F3N5O.HI/c1-21-16(25(3)11-14-5-4-8-24(14)2)23-10-13-6-7-22-15(9-13)26-12-17(18,19)20;/h4-9H,10-12H2,1-3H3,(H,21,23);1H. The minimum atomic E-state index is -4.39. The van der Waals surface area contributed by atoms with Crippen LogP contribution in [0.25, 0.3) is 0 Å². The summed E-state index contributed by atoms with van der Waals surface area (Å²) in [5.41, 5.74) is 1.87. The second-order valence-electron chi connectivity index (χ2n) is 5.77. The summed E-state index contributed by atoms with van der Waals surface area (Å²) in [5.74, 6) is 0.606. The molecule has 0 radical (unpaired) electrons. The topological polar surface area (TPSA) is 54.7 Å². The van der Waals surface area contributed by atoms with Crippen LogP contribution in [-0.4, -0.2) is 47.3 Å². The molecule has 2 aromatic heterocycles. The Labute approximate surface area is 173 Å². The van der Waals surface area contributed by atoms with Gasteiger partial charge in [0.2, 0.25) is 5.88 Å². The molecule has 0 aromatic carbocycles. The first-order chi connectivity index (χ1) is 12.3. The zero-order chi connectivity index (χ0) is 19.2. The maximum atomic E-state index is 12.2. The smallest absolute Gasteiger partial charge is 0.422 e. The van der Waals surface area contributed by atoms with Gasteiger partial charge in [0.25, 0.3) is 0 Å². The summed E-state index contributed by atoms with van der Waals surface area (Å²) >= 11 is 0. The van der Waals surface area contributed by atoms with Gasteiger partial charge in [-0.15, -0.1) is 24.0 Å². The minimum Gasteiger partial charge on any atom is -0.468 e. The predicted molar refractivity (Wildman–Crippen MR) is 108 cm³/mol. The Balaban J connectivity index is 0.00000364. The van der Waals surface area contributed by atoms with Crippen molar-refractivity contribution in [1.29, 1.82) is 0 Å². The third-order valence-corrected chi connectivity index (χ3v) is 3.66. The molecule has 0 amide bonds. The predicted octanol–water partition coefficient (Wildman–Crippen LogP) is 3.19. The number of hydrogen-bond acceptors (Lipinski definition) is 3. The first-order valence-corrected chi connectivity index (χ1v) is 7.95. The third-order valence-electron chi connectivity index (χ3n) is 3.66. The number of nitrogens with one attached hydrogen (secondary N) is 1. The third kappa shape index (κ3) is 7.65. The number of pyridine rings is 1. The van der Waals surface area contributed by atoms with Crippen molar-refractivity contribution < 1.29 is 17.9 Å². The number of halogens is 4. The Morgan fingerprint density at radius 1 is 1.37 bits per heavy atom. The Morgan fingerprint density at radius 3 is 2.70 bits per heavy atom. The highest BCUT2D eigenvalue weighted by Crippen LogP contribution is 2.17. The molecule has 0 bridgehead atoms. The highest BCUT2D eigenvalue weighted by atomic mass is 127. The SMILES string of the molecule is CN=C(NCc1ccnc(OCC(F)(F)F)c1)N(C)Cc1cccn1C.I. The molecule has 150 valence electrons. The maximum absolute atomic E-state index is 12.2. The van der Waals surface area contributed by atoms with Crippen LogP contribution in [0.3, 0.4) is 0 Å². The fraction of sp³-hybridized carbons (Fsp3) is 0.412. The van der Waals surface area contributed by atoms with Gasteiger partial charge in [0, 0.05) is 51.8 Å². The lowest BCUT2D eigenvalue weighted by atomic mass is 10.2. The lowest BCUT2D eigenvalue weighted by Gasteiger charge is -2.22. The molecule has 27 heavy (non-hydrogen) atoms. The molecule has 0 fully saturated rings. The van der Waals surface area contributed by atoms with Crippen molar-refractivity contribution in [3.05, 3.63) is 47.9 Å². The molecule has 2 rings (SSSR count). The monoisotopic (exact) mass is 497 g/mol. The second kappa shape index (κ2) is 10.4. The molecule has 1 N–H and O–H groups in total. The summed E-state index contributed by atoms with van der Waals surface area (Å²) in [6.07, 6.45) is -1.00. The van der Waals surface area contributed by atoms with Crippen LogP contribution in [0.15, 0.2) is 41.7 Å². The molecule has 0 aliphatic rings. The van der Waals surface area contributed by atoms with Gasteiger partial charge in [-0.25, -0.2) is 4.98 Å². The zero-order valence-corrected chi connectivity index (χ0v) is 17.7. The molecule has 10 heteroatoms. The summed E-state index contributed by atoms with van der Waals surface area (Å²) in [6.45, 7) is -0.313. The largest absolute Gasteiger partial charge is 0.468 e. The summed E-state index contributed by atoms with van der Waals surface area (Å²) in [4.78, 5) is 9.98. The Hall–Kier alpha value is -1.98. The second-order valence-corrected chi connectivity index (χ2v) is 5.77. The highest BCUT2D eigenvalue weighted by Gasteiger charge is 2.28. The van der Waals surface area contributed by atoms with E-state index in [2.05, 4.69) is 20.0 Å². The zero-order valence-electron chi connectivity index (χ0n) is 15.3. The van der Waals surface area contributed by atoms with Crippen LogP contribution in [-0.2, 0) is 20.1 Å². The number of aliphatic imine (C=N–C) groups is 1. The van der Waals surface area contributed by atoms with Crippen molar-refractivity contribution in [2.24, 2.45) is 12.0 Å². The van der Waals surface area contributed by atoms with Crippen LogP contribution in [0.5, 0.6) is 5.88 Å². The number of ether oxygens (including phenoxy) is 1. The van der Waals surface area contributed by atoms with E-state index < -0.39 is 12.8 Å². The van der Waals surface area contributed by atoms with Gasteiger partial charge in [0.15, 0.2) is 12.6 Å². The Kier molecular flexibility index (Phi) is 8.86. The van der Waals surface area contributed by atoms with Crippen LogP contribution in [0.4, 0.5) is 13.2 Å². The van der Waals surface area contributed by atoms with Gasteiger partial charge < -0.3 is 19.5 Å². The quantitative estimate of drug-likeness (QED) is 0.379. The molecule has 0 saturated heterocycles. The molecule has 0 unspecified atom stereocenters. The molecule has 0 saturated carbocycles. The minimum absolute atomic E-state index is 0. The van der Waals surface area contributed by atoms with E-state index in [0.29, 0.717) is 19.0 Å². The molecule has 0 spiro atoms. The van der Waals surface area contributed by atoms with Gasteiger partial charge in [0.1, 0.15) is 0 Å². The molecule has 0 atom stereocenters. The normalized spacial score (nSPS) is 11.7. The van der Waals surface area contributed by atoms with Gasteiger partial charge in [-0.3, -0.25) is 4.99 Å². The van der Waals surface area contributed by atoms with E-state index in [1.807, 2.05) is 41.9 Å². The fourth-order valence-corrected chi connectivity index (χ4v) is 2.34. The van der Waals surface area contributed by atoms with Crippen LogP contribution in [0.2, 0.25) is 0 Å². The number of nitrogens with zero attached hydrogens (tertiary/aromatic N) is 4. The van der Waals surface area contributed by atoms with E-state index in [1.165, 1.54) is 12.3 Å². The molecule has 0 aliphatic carbocycles. The van der Waals surface area contributed by atoms with E-state index in [4.69, 9.17) is 0 Å². The Morgan fingerprint density at radius 2 is 2.11 bits per heavy atom. The number of hydrogen-bond donors (Lipinski definition) is 1. The van der Waals surface area contributed by atoms with Gasteiger partial charge in [-0.2, -0.15) is 13.2 Å². The maximum Gasteiger partial charge on any atom is 0.422 e. The summed E-state index contributed by atoms with van der Waals surface area (Å²) in [6, 6.07) is 7.18. The average Bonchev–Trinajstić information content (AvgIpc) is 2.98. The van der Waals surface area contributed by atoms with Crippen LogP contribution < -0.4 is 10.1 Å². The highest BCUT2D eigenvalue weighted by molar-refractivity contribution is 14.0. The lowest BCUT2D eigenvalue weighted by Crippen LogP contribution is -2.38. The summed E-state index contributed by atoms with van der Waals surface area (Å²) in [5, 5.41) is 3.18. The molecule has 2 aromatic rings. The first kappa shape index (κ1) is 23.1. The van der Waals surface area contributed by atoms with Crippen molar-refractivity contribution in [2.75, 3.05) is 20.7 Å². The van der Waals surface area contributed by atoms with E-state index in [9.17, 15) is 13.2 Å². The van der Waals surface area contributed by atoms with E-state index >= 15 is 0 Å². The van der Waals surface area contributed by atoms with Gasteiger partial charge in [0.05, 0.1) is 6.54 Å². The number of aromatic nitrogens is 2. The van der Waals surface area contributed by atoms with Crippen LogP contribution >= 0.6 is 24.0 Å². The van der Waals surface area contributed by atoms with Crippen molar-refractivity contribution in [3.63, 3.8) is 0 Å². The number of guanidine groups is 1. The van der Waals surface area contributed by atoms with E-state index in [0.717, 1.165) is 11.3 Å². The summed E-state index contributed by atoms with van der Waals surface area (Å²) < 4.78 is 43.4. The van der Waals surface area contributed by atoms with Gasteiger partial charge in [-0.05, 0) is 23.8 Å². The Bertz CT molecular complexity index is 748. The number of rotatable bonds is 6. The van der Waals surface area contributed by atoms with Crippen molar-refractivity contribution in [3.8, 4) is 5.88 Å². The molecule has 2 heterocycles.